The molecule has 0 aliphatic heterocycles. The lowest BCUT2D eigenvalue weighted by atomic mass is 10.2. The highest BCUT2D eigenvalue weighted by molar-refractivity contribution is 6.28. The molecule has 0 amide bonds. The third-order valence-corrected chi connectivity index (χ3v) is 2.15. The molecule has 0 aliphatic rings. The fraction of sp³-hybridized carbons (Fsp3) is 0.200. The Hall–Kier alpha value is -1.55. The van der Waals surface area contributed by atoms with E-state index in [9.17, 15) is 0 Å². The van der Waals surface area contributed by atoms with Crippen LogP contribution >= 0.6 is 11.6 Å². The predicted octanol–water partition coefficient (Wildman–Crippen LogP) is 2.26. The van der Waals surface area contributed by atoms with E-state index in [1.54, 1.807) is 0 Å². The second-order valence-corrected chi connectivity index (χ2v) is 3.30. The zero-order chi connectivity index (χ0) is 10.8. The van der Waals surface area contributed by atoms with Gasteiger partial charge in [0, 0.05) is 0 Å². The Labute approximate surface area is 92.0 Å². The van der Waals surface area contributed by atoms with Crippen LogP contribution < -0.4 is 10.5 Å². The maximum absolute atomic E-state index is 5.77. The smallest absolute Gasteiger partial charge is 0.224 e. The number of fused-ring (bicyclic) bond motifs is 1. The Balaban J connectivity index is 2.73. The van der Waals surface area contributed by atoms with Gasteiger partial charge in [-0.25, -0.2) is 9.97 Å². The molecule has 0 fully saturated rings. The largest absolute Gasteiger partial charge is 0.493 e. The number of ether oxygens (including phenoxy) is 1. The van der Waals surface area contributed by atoms with Crippen molar-refractivity contribution in [2.75, 3.05) is 12.3 Å². The molecule has 0 saturated carbocycles. The summed E-state index contributed by atoms with van der Waals surface area (Å²) in [4.78, 5) is 7.97. The van der Waals surface area contributed by atoms with Crippen molar-refractivity contribution < 1.29 is 4.74 Å². The highest BCUT2D eigenvalue weighted by Crippen LogP contribution is 2.29. The molecule has 1 aromatic carbocycles. The van der Waals surface area contributed by atoms with Gasteiger partial charge < -0.3 is 10.5 Å². The van der Waals surface area contributed by atoms with Gasteiger partial charge in [-0.05, 0) is 30.7 Å². The molecule has 1 heterocycles. The van der Waals surface area contributed by atoms with Gasteiger partial charge in [0.25, 0.3) is 0 Å². The van der Waals surface area contributed by atoms with Crippen LogP contribution in [0.3, 0.4) is 0 Å². The van der Waals surface area contributed by atoms with Gasteiger partial charge in [0.1, 0.15) is 11.6 Å². The minimum absolute atomic E-state index is 0.147. The van der Waals surface area contributed by atoms with Gasteiger partial charge in [0.2, 0.25) is 5.28 Å². The van der Waals surface area contributed by atoms with Crippen LogP contribution in [-0.2, 0) is 0 Å². The summed E-state index contributed by atoms with van der Waals surface area (Å²) in [7, 11) is 0. The zero-order valence-electron chi connectivity index (χ0n) is 8.20. The normalized spacial score (nSPS) is 10.5. The van der Waals surface area contributed by atoms with Crippen molar-refractivity contribution in [3.05, 3.63) is 23.5 Å². The summed E-state index contributed by atoms with van der Waals surface area (Å²) in [5, 5.41) is 0.859. The Kier molecular flexibility index (Phi) is 2.60. The molecule has 0 radical (unpaired) electrons. The summed E-state index contributed by atoms with van der Waals surface area (Å²) in [6, 6.07) is 5.50. The Morgan fingerprint density at radius 3 is 2.93 bits per heavy atom. The van der Waals surface area contributed by atoms with Crippen molar-refractivity contribution in [1.29, 1.82) is 0 Å². The van der Waals surface area contributed by atoms with Crippen molar-refractivity contribution in [2.45, 2.75) is 6.92 Å². The number of hydrogen-bond donors (Lipinski definition) is 1. The second-order valence-electron chi connectivity index (χ2n) is 2.96. The molecule has 0 spiro atoms. The van der Waals surface area contributed by atoms with E-state index >= 15 is 0 Å². The second kappa shape index (κ2) is 3.90. The summed E-state index contributed by atoms with van der Waals surface area (Å²) in [6.07, 6.45) is 0. The lowest BCUT2D eigenvalue weighted by Crippen LogP contribution is -1.99. The van der Waals surface area contributed by atoms with Crippen molar-refractivity contribution >= 4 is 28.3 Å². The maximum atomic E-state index is 5.77. The average Bonchev–Trinajstić information content (AvgIpc) is 2.17. The third-order valence-electron chi connectivity index (χ3n) is 1.99. The molecule has 4 nitrogen and oxygen atoms in total. The first-order valence-corrected chi connectivity index (χ1v) is 4.94. The molecule has 0 atom stereocenters. The summed E-state index contributed by atoms with van der Waals surface area (Å²) in [6.45, 7) is 2.48. The predicted molar refractivity (Wildman–Crippen MR) is 60.1 cm³/mol. The molecule has 0 saturated heterocycles. The highest BCUT2D eigenvalue weighted by atomic mass is 35.5. The summed E-state index contributed by atoms with van der Waals surface area (Å²) >= 11 is 5.71. The van der Waals surface area contributed by atoms with E-state index in [1.807, 2.05) is 25.1 Å². The first kappa shape index (κ1) is 9.98. The molecule has 15 heavy (non-hydrogen) atoms. The molecule has 78 valence electrons. The zero-order valence-corrected chi connectivity index (χ0v) is 8.95. The van der Waals surface area contributed by atoms with Gasteiger partial charge in [-0.2, -0.15) is 0 Å². The van der Waals surface area contributed by atoms with E-state index in [0.29, 0.717) is 29.1 Å². The molecule has 1 aromatic heterocycles. The van der Waals surface area contributed by atoms with Crippen LogP contribution in [0.1, 0.15) is 6.92 Å². The van der Waals surface area contributed by atoms with Crippen molar-refractivity contribution in [3.63, 3.8) is 0 Å². The highest BCUT2D eigenvalue weighted by Gasteiger charge is 2.08. The van der Waals surface area contributed by atoms with Crippen LogP contribution in [0.5, 0.6) is 5.75 Å². The molecule has 2 aromatic rings. The molecular formula is C10H10ClN3O. The quantitative estimate of drug-likeness (QED) is 0.794. The topological polar surface area (TPSA) is 61.0 Å². The van der Waals surface area contributed by atoms with Crippen molar-refractivity contribution in [3.8, 4) is 5.75 Å². The molecule has 2 rings (SSSR count). The fourth-order valence-electron chi connectivity index (χ4n) is 1.43. The number of nitrogens with zero attached hydrogens (tertiary/aromatic N) is 2. The Bertz CT molecular complexity index is 501. The van der Waals surface area contributed by atoms with Crippen LogP contribution in [0.15, 0.2) is 18.2 Å². The van der Waals surface area contributed by atoms with Gasteiger partial charge in [-0.15, -0.1) is 0 Å². The fourth-order valence-corrected chi connectivity index (χ4v) is 1.61. The minimum atomic E-state index is 0.147. The first-order chi connectivity index (χ1) is 7.22. The standard InChI is InChI=1S/C10H10ClN3O/c1-2-15-7-5-3-4-6-8(7)9(12)14-10(11)13-6/h3-5H,2H2,1H3,(H2,12,13,14). The number of hydrogen-bond acceptors (Lipinski definition) is 4. The summed E-state index contributed by atoms with van der Waals surface area (Å²) in [5.74, 6) is 1.03. The molecule has 0 aliphatic carbocycles. The molecule has 5 heteroatoms. The first-order valence-electron chi connectivity index (χ1n) is 4.57. The van der Waals surface area contributed by atoms with Crippen molar-refractivity contribution in [2.24, 2.45) is 0 Å². The van der Waals surface area contributed by atoms with E-state index in [-0.39, 0.29) is 5.28 Å². The molecule has 0 unspecified atom stereocenters. The van der Waals surface area contributed by atoms with Gasteiger partial charge in [-0.1, -0.05) is 6.07 Å². The lowest BCUT2D eigenvalue weighted by molar-refractivity contribution is 0.344. The number of halogens is 1. The van der Waals surface area contributed by atoms with Gasteiger partial charge >= 0.3 is 0 Å². The number of nitrogens with two attached hydrogens (primary N) is 1. The number of anilines is 1. The average molecular weight is 224 g/mol. The van der Waals surface area contributed by atoms with Gasteiger partial charge in [-0.3, -0.25) is 0 Å². The van der Waals surface area contributed by atoms with Crippen LogP contribution in [0.4, 0.5) is 5.82 Å². The van der Waals surface area contributed by atoms with Gasteiger partial charge in [0.05, 0.1) is 17.5 Å². The van der Waals surface area contributed by atoms with E-state index in [1.165, 1.54) is 0 Å². The number of benzene rings is 1. The number of rotatable bonds is 2. The third kappa shape index (κ3) is 1.80. The van der Waals surface area contributed by atoms with E-state index in [4.69, 9.17) is 22.1 Å². The maximum Gasteiger partial charge on any atom is 0.224 e. The SMILES string of the molecule is CCOc1cccc2nc(Cl)nc(N)c12. The molecular weight excluding hydrogens is 214 g/mol. The lowest BCUT2D eigenvalue weighted by Gasteiger charge is -2.08. The van der Waals surface area contributed by atoms with E-state index in [0.717, 1.165) is 0 Å². The Morgan fingerprint density at radius 2 is 2.20 bits per heavy atom. The van der Waals surface area contributed by atoms with Crippen molar-refractivity contribution in [1.82, 2.24) is 9.97 Å². The Morgan fingerprint density at radius 1 is 1.40 bits per heavy atom. The molecule has 0 bridgehead atoms. The van der Waals surface area contributed by atoms with Gasteiger partial charge in [0.15, 0.2) is 0 Å². The van der Waals surface area contributed by atoms with E-state index < -0.39 is 0 Å². The molecule has 2 N–H and O–H groups in total. The van der Waals surface area contributed by atoms with Crippen LogP contribution in [0, 0.1) is 0 Å². The monoisotopic (exact) mass is 223 g/mol. The van der Waals surface area contributed by atoms with E-state index in [2.05, 4.69) is 9.97 Å². The van der Waals surface area contributed by atoms with Crippen LogP contribution in [-0.4, -0.2) is 16.6 Å². The summed E-state index contributed by atoms with van der Waals surface area (Å²) in [5.41, 5.74) is 6.47. The summed E-state index contributed by atoms with van der Waals surface area (Å²) < 4.78 is 5.44. The minimum Gasteiger partial charge on any atom is -0.493 e. The van der Waals surface area contributed by atoms with Crippen LogP contribution in [0.2, 0.25) is 5.28 Å². The number of nitrogen functional groups attached to an aromatic ring is 1. The van der Waals surface area contributed by atoms with Crippen LogP contribution in [0.25, 0.3) is 10.9 Å². The number of aromatic nitrogens is 2.